The van der Waals surface area contributed by atoms with Gasteiger partial charge in [-0.3, -0.25) is 19.3 Å². The van der Waals surface area contributed by atoms with Crippen LogP contribution < -0.4 is 5.32 Å². The van der Waals surface area contributed by atoms with E-state index in [0.29, 0.717) is 0 Å². The molecule has 0 unspecified atom stereocenters. The van der Waals surface area contributed by atoms with E-state index >= 15 is 0 Å². The molecule has 8 nitrogen and oxygen atoms in total. The summed E-state index contributed by atoms with van der Waals surface area (Å²) in [6, 6.07) is 4.63. The highest BCUT2D eigenvalue weighted by Crippen LogP contribution is 2.11. The summed E-state index contributed by atoms with van der Waals surface area (Å²) >= 11 is 0. The van der Waals surface area contributed by atoms with Gasteiger partial charge >= 0.3 is 12.0 Å². The van der Waals surface area contributed by atoms with Gasteiger partial charge in [0.2, 0.25) is 0 Å². The Labute approximate surface area is 137 Å². The van der Waals surface area contributed by atoms with Crippen molar-refractivity contribution in [2.45, 2.75) is 13.0 Å². The molecule has 1 aromatic rings. The van der Waals surface area contributed by atoms with Crippen molar-refractivity contribution in [2.24, 2.45) is 0 Å². The number of rotatable bonds is 5. The van der Waals surface area contributed by atoms with E-state index in [1.807, 2.05) is 0 Å². The van der Waals surface area contributed by atoms with Crippen molar-refractivity contribution in [1.82, 2.24) is 9.80 Å². The van der Waals surface area contributed by atoms with Gasteiger partial charge in [-0.15, -0.1) is 0 Å². The van der Waals surface area contributed by atoms with Crippen molar-refractivity contribution in [1.29, 1.82) is 0 Å². The van der Waals surface area contributed by atoms with Crippen molar-refractivity contribution < 1.29 is 28.3 Å². The Balaban J connectivity index is 1.88. The summed E-state index contributed by atoms with van der Waals surface area (Å²) in [6.07, 6.45) is -1.17. The van der Waals surface area contributed by atoms with Gasteiger partial charge in [-0.1, -0.05) is 6.07 Å². The minimum atomic E-state index is -1.17. The molecule has 2 rings (SSSR count). The Hall–Kier alpha value is -2.97. The number of carbonyl (C=O) groups excluding carboxylic acids is 4. The number of nitrogens with one attached hydrogen (secondary N) is 1. The monoisotopic (exact) mass is 337 g/mol. The second-order valence-electron chi connectivity index (χ2n) is 5.25. The molecule has 24 heavy (non-hydrogen) atoms. The van der Waals surface area contributed by atoms with E-state index in [4.69, 9.17) is 4.74 Å². The zero-order chi connectivity index (χ0) is 17.9. The van der Waals surface area contributed by atoms with Crippen molar-refractivity contribution in [3.8, 4) is 0 Å². The number of carbonyl (C=O) groups is 4. The molecular formula is C15H16FN3O5. The lowest BCUT2D eigenvalue weighted by molar-refractivity contribution is -0.154. The van der Waals surface area contributed by atoms with Gasteiger partial charge in [0.05, 0.1) is 0 Å². The third-order valence-corrected chi connectivity index (χ3v) is 3.29. The lowest BCUT2D eigenvalue weighted by Gasteiger charge is -2.16. The number of ether oxygens (including phenoxy) is 1. The van der Waals surface area contributed by atoms with Crippen LogP contribution in [-0.2, 0) is 19.1 Å². The maximum atomic E-state index is 13.1. The van der Waals surface area contributed by atoms with Crippen LogP contribution in [0.4, 0.5) is 14.9 Å². The summed E-state index contributed by atoms with van der Waals surface area (Å²) in [5, 5.41) is 2.39. The number of imide groups is 1. The Bertz CT molecular complexity index is 693. The number of hydrogen-bond acceptors (Lipinski definition) is 5. The number of esters is 1. The molecule has 1 saturated heterocycles. The van der Waals surface area contributed by atoms with Crippen LogP contribution in [0.15, 0.2) is 24.3 Å². The number of halogens is 1. The van der Waals surface area contributed by atoms with E-state index in [1.165, 1.54) is 32.2 Å². The van der Waals surface area contributed by atoms with Gasteiger partial charge in [-0.05, 0) is 25.1 Å². The molecule has 0 aliphatic carbocycles. The standard InChI is InChI=1S/C15H16FN3O5/c1-9(14(22)17-11-5-3-4-10(16)6-11)24-13(21)8-19-12(20)7-18(2)15(19)23/h3-6,9H,7-8H2,1-2H3,(H,17,22)/t9-/m0/s1. The molecular weight excluding hydrogens is 321 g/mol. The molecule has 1 N–H and O–H groups in total. The lowest BCUT2D eigenvalue weighted by atomic mass is 10.3. The quantitative estimate of drug-likeness (QED) is 0.627. The van der Waals surface area contributed by atoms with Crippen molar-refractivity contribution in [3.63, 3.8) is 0 Å². The molecule has 0 spiro atoms. The van der Waals surface area contributed by atoms with E-state index < -0.39 is 42.3 Å². The lowest BCUT2D eigenvalue weighted by Crippen LogP contribution is -2.39. The predicted molar refractivity (Wildman–Crippen MR) is 80.3 cm³/mol. The van der Waals surface area contributed by atoms with E-state index in [1.54, 1.807) is 0 Å². The van der Waals surface area contributed by atoms with Crippen molar-refractivity contribution in [2.75, 3.05) is 25.5 Å². The molecule has 1 fully saturated rings. The Kier molecular flexibility index (Phi) is 5.12. The van der Waals surface area contributed by atoms with Gasteiger partial charge < -0.3 is 15.0 Å². The fourth-order valence-electron chi connectivity index (χ4n) is 2.05. The van der Waals surface area contributed by atoms with Crippen LogP contribution in [0.3, 0.4) is 0 Å². The highest BCUT2D eigenvalue weighted by Gasteiger charge is 2.35. The average Bonchev–Trinajstić information content (AvgIpc) is 2.73. The Morgan fingerprint density at radius 2 is 2.08 bits per heavy atom. The van der Waals surface area contributed by atoms with Gasteiger partial charge in [0.15, 0.2) is 6.10 Å². The highest BCUT2D eigenvalue weighted by atomic mass is 19.1. The first-order chi connectivity index (χ1) is 11.3. The van der Waals surface area contributed by atoms with Gasteiger partial charge in [0, 0.05) is 12.7 Å². The second-order valence-corrected chi connectivity index (χ2v) is 5.25. The van der Waals surface area contributed by atoms with Gasteiger partial charge in [-0.2, -0.15) is 0 Å². The number of benzene rings is 1. The first-order valence-electron chi connectivity index (χ1n) is 7.09. The van der Waals surface area contributed by atoms with Crippen molar-refractivity contribution >= 4 is 29.5 Å². The predicted octanol–water partition coefficient (Wildman–Crippen LogP) is 0.590. The largest absolute Gasteiger partial charge is 0.451 e. The van der Waals surface area contributed by atoms with Crippen LogP contribution in [0, 0.1) is 5.82 Å². The molecule has 1 atom stereocenters. The minimum absolute atomic E-state index is 0.109. The van der Waals surface area contributed by atoms with Crippen molar-refractivity contribution in [3.05, 3.63) is 30.1 Å². The molecule has 0 radical (unpaired) electrons. The van der Waals surface area contributed by atoms with Gasteiger partial charge in [-0.25, -0.2) is 9.18 Å². The minimum Gasteiger partial charge on any atom is -0.451 e. The van der Waals surface area contributed by atoms with Crippen LogP contribution in [-0.4, -0.2) is 59.9 Å². The number of likely N-dealkylation sites (N-methyl/N-ethyl adjacent to an activating group) is 1. The number of urea groups is 1. The fraction of sp³-hybridized carbons (Fsp3) is 0.333. The fourth-order valence-corrected chi connectivity index (χ4v) is 2.05. The molecule has 9 heteroatoms. The molecule has 1 heterocycles. The summed E-state index contributed by atoms with van der Waals surface area (Å²) in [5.41, 5.74) is 0.217. The number of nitrogens with zero attached hydrogens (tertiary/aromatic N) is 2. The maximum Gasteiger partial charge on any atom is 0.327 e. The molecule has 0 saturated carbocycles. The number of hydrogen-bond donors (Lipinski definition) is 1. The highest BCUT2D eigenvalue weighted by molar-refractivity contribution is 6.04. The normalized spacial score (nSPS) is 15.5. The smallest absolute Gasteiger partial charge is 0.327 e. The van der Waals surface area contributed by atoms with Gasteiger partial charge in [0.25, 0.3) is 11.8 Å². The summed E-state index contributed by atoms with van der Waals surface area (Å²) in [7, 11) is 1.43. The molecule has 1 aliphatic rings. The second kappa shape index (κ2) is 7.07. The summed E-state index contributed by atoms with van der Waals surface area (Å²) in [4.78, 5) is 48.8. The van der Waals surface area contributed by atoms with E-state index in [2.05, 4.69) is 5.32 Å². The first-order valence-corrected chi connectivity index (χ1v) is 7.09. The van der Waals surface area contributed by atoms with E-state index in [9.17, 15) is 23.6 Å². The Morgan fingerprint density at radius 3 is 2.67 bits per heavy atom. The molecule has 0 bridgehead atoms. The third kappa shape index (κ3) is 4.06. The summed E-state index contributed by atoms with van der Waals surface area (Å²) in [6.45, 7) is 0.646. The van der Waals surface area contributed by atoms with Crippen LogP contribution in [0.25, 0.3) is 0 Å². The van der Waals surface area contributed by atoms with Crippen LogP contribution in [0.1, 0.15) is 6.92 Å². The summed E-state index contributed by atoms with van der Waals surface area (Å²) in [5.74, 6) is -2.59. The Morgan fingerprint density at radius 1 is 1.38 bits per heavy atom. The SMILES string of the molecule is C[C@H](OC(=O)CN1C(=O)CN(C)C1=O)C(=O)Nc1cccc(F)c1. The van der Waals surface area contributed by atoms with Crippen LogP contribution >= 0.6 is 0 Å². The first kappa shape index (κ1) is 17.4. The number of amides is 4. The zero-order valence-electron chi connectivity index (χ0n) is 13.1. The average molecular weight is 337 g/mol. The third-order valence-electron chi connectivity index (χ3n) is 3.29. The maximum absolute atomic E-state index is 13.1. The van der Waals surface area contributed by atoms with Gasteiger partial charge in [0.1, 0.15) is 18.9 Å². The molecule has 4 amide bonds. The topological polar surface area (TPSA) is 96.0 Å². The summed E-state index contributed by atoms with van der Waals surface area (Å²) < 4.78 is 18.0. The van der Waals surface area contributed by atoms with Crippen LogP contribution in [0.2, 0.25) is 0 Å². The molecule has 0 aromatic heterocycles. The van der Waals surface area contributed by atoms with E-state index in [-0.39, 0.29) is 12.2 Å². The number of anilines is 1. The zero-order valence-corrected chi connectivity index (χ0v) is 13.1. The van der Waals surface area contributed by atoms with E-state index in [0.717, 1.165) is 15.9 Å². The van der Waals surface area contributed by atoms with Crippen LogP contribution in [0.5, 0.6) is 0 Å². The molecule has 1 aromatic carbocycles. The molecule has 128 valence electrons. The molecule has 1 aliphatic heterocycles.